The molecule has 0 aliphatic heterocycles. The van der Waals surface area contributed by atoms with Crippen molar-refractivity contribution in [3.63, 3.8) is 0 Å². The number of aliphatic hydroxyl groups is 1. The molecule has 1 aromatic rings. The first kappa shape index (κ1) is 26.2. The average Bonchev–Trinajstić information content (AvgIpc) is 2.76. The van der Waals surface area contributed by atoms with Crippen LogP contribution in [0.15, 0.2) is 30.3 Å². The van der Waals surface area contributed by atoms with Crippen LogP contribution in [-0.4, -0.2) is 30.4 Å². The number of hydrogen-bond donors (Lipinski definition) is 1. The second kappa shape index (κ2) is 19.2. The molecular formula is C26H40O4. The van der Waals surface area contributed by atoms with Gasteiger partial charge >= 0.3 is 5.97 Å². The van der Waals surface area contributed by atoms with Gasteiger partial charge < -0.3 is 14.6 Å². The van der Waals surface area contributed by atoms with Crippen molar-refractivity contribution in [2.45, 2.75) is 96.2 Å². The van der Waals surface area contributed by atoms with Gasteiger partial charge in [-0.25, -0.2) is 0 Å². The van der Waals surface area contributed by atoms with Gasteiger partial charge in [-0.3, -0.25) is 4.79 Å². The Morgan fingerprint density at radius 2 is 1.43 bits per heavy atom. The Morgan fingerprint density at radius 3 is 2.03 bits per heavy atom. The van der Waals surface area contributed by atoms with E-state index in [1.807, 2.05) is 30.3 Å². The number of aliphatic hydroxyl groups excluding tert-OH is 1. The topological polar surface area (TPSA) is 55.8 Å². The molecular weight excluding hydrogens is 376 g/mol. The monoisotopic (exact) mass is 416 g/mol. The smallest absolute Gasteiger partial charge is 0.305 e. The highest BCUT2D eigenvalue weighted by molar-refractivity contribution is 5.69. The molecule has 0 aromatic heterocycles. The summed E-state index contributed by atoms with van der Waals surface area (Å²) in [6.07, 6.45) is 19.1. The summed E-state index contributed by atoms with van der Waals surface area (Å²) in [5.74, 6) is 2.45. The van der Waals surface area contributed by atoms with E-state index in [4.69, 9.17) is 15.9 Å². The molecule has 1 rings (SSSR count). The molecule has 4 nitrogen and oxygen atoms in total. The quantitative estimate of drug-likeness (QED) is 0.176. The van der Waals surface area contributed by atoms with Crippen LogP contribution in [0.1, 0.15) is 89.0 Å². The Hall–Kier alpha value is -1.83. The van der Waals surface area contributed by atoms with E-state index in [9.17, 15) is 9.90 Å². The number of carbonyl (C=O) groups excluding carboxylic acids is 1. The van der Waals surface area contributed by atoms with Crippen molar-refractivity contribution in [2.75, 3.05) is 13.2 Å². The van der Waals surface area contributed by atoms with Gasteiger partial charge in [0, 0.05) is 12.8 Å². The standard InChI is InChI=1S/C26H40O4/c1-2-3-4-5-6-7-8-9-10-11-12-13-17-20-26(28)30-23-25(27)22-29-21-24-18-15-14-16-19-24/h1,14-16,18-19,25,27H,3-13,17,20-23H2/t25-/m0/s1. The third kappa shape index (κ3) is 16.0. The molecule has 1 atom stereocenters. The predicted molar refractivity (Wildman–Crippen MR) is 122 cm³/mol. The molecule has 0 saturated heterocycles. The van der Waals surface area contributed by atoms with Gasteiger partial charge in [0.2, 0.25) is 0 Å². The summed E-state index contributed by atoms with van der Waals surface area (Å²) >= 11 is 0. The Labute approximate surface area is 183 Å². The maximum atomic E-state index is 11.8. The predicted octanol–water partition coefficient (Wildman–Crippen LogP) is 5.81. The molecule has 4 heteroatoms. The molecule has 0 bridgehead atoms. The van der Waals surface area contributed by atoms with Gasteiger partial charge in [-0.15, -0.1) is 12.3 Å². The Balaban J connectivity index is 1.84. The van der Waals surface area contributed by atoms with Crippen molar-refractivity contribution >= 4 is 5.97 Å². The molecule has 0 unspecified atom stereocenters. The van der Waals surface area contributed by atoms with Crippen molar-refractivity contribution in [2.24, 2.45) is 0 Å². The number of ether oxygens (including phenoxy) is 2. The van der Waals surface area contributed by atoms with Crippen LogP contribution < -0.4 is 0 Å². The van der Waals surface area contributed by atoms with Crippen molar-refractivity contribution < 1.29 is 19.4 Å². The zero-order valence-electron chi connectivity index (χ0n) is 18.5. The maximum absolute atomic E-state index is 11.8. The van der Waals surface area contributed by atoms with Gasteiger partial charge in [-0.05, 0) is 18.4 Å². The number of carbonyl (C=O) groups is 1. The molecule has 0 aliphatic carbocycles. The van der Waals surface area contributed by atoms with Crippen LogP contribution in [-0.2, 0) is 20.9 Å². The molecule has 0 radical (unpaired) electrons. The highest BCUT2D eigenvalue weighted by atomic mass is 16.5. The largest absolute Gasteiger partial charge is 0.463 e. The Kier molecular flexibility index (Phi) is 16.7. The van der Waals surface area contributed by atoms with Crippen LogP contribution in [0.25, 0.3) is 0 Å². The molecule has 0 saturated carbocycles. The summed E-state index contributed by atoms with van der Waals surface area (Å²) in [7, 11) is 0. The van der Waals surface area contributed by atoms with Crippen molar-refractivity contribution in [3.8, 4) is 12.3 Å². The Morgan fingerprint density at radius 1 is 0.867 bits per heavy atom. The lowest BCUT2D eigenvalue weighted by molar-refractivity contribution is -0.148. The zero-order valence-corrected chi connectivity index (χ0v) is 18.5. The summed E-state index contributed by atoms with van der Waals surface area (Å²) in [6, 6.07) is 9.78. The van der Waals surface area contributed by atoms with E-state index in [0.29, 0.717) is 13.0 Å². The third-order valence-corrected chi connectivity index (χ3v) is 5.06. The molecule has 168 valence electrons. The molecule has 1 aromatic carbocycles. The minimum Gasteiger partial charge on any atom is -0.463 e. The van der Waals surface area contributed by atoms with Crippen LogP contribution in [0.4, 0.5) is 0 Å². The summed E-state index contributed by atoms with van der Waals surface area (Å²) in [6.45, 7) is 0.599. The fraction of sp³-hybridized carbons (Fsp3) is 0.654. The van der Waals surface area contributed by atoms with E-state index in [1.165, 1.54) is 57.8 Å². The van der Waals surface area contributed by atoms with E-state index in [0.717, 1.165) is 24.8 Å². The highest BCUT2D eigenvalue weighted by Gasteiger charge is 2.09. The minimum atomic E-state index is -0.782. The fourth-order valence-corrected chi connectivity index (χ4v) is 3.28. The summed E-state index contributed by atoms with van der Waals surface area (Å²) in [4.78, 5) is 11.8. The minimum absolute atomic E-state index is 0.00361. The fourth-order valence-electron chi connectivity index (χ4n) is 3.28. The first-order chi connectivity index (χ1) is 14.7. The van der Waals surface area contributed by atoms with Gasteiger partial charge in [-0.1, -0.05) is 88.1 Å². The van der Waals surface area contributed by atoms with E-state index in [-0.39, 0.29) is 19.2 Å². The van der Waals surface area contributed by atoms with E-state index >= 15 is 0 Å². The van der Waals surface area contributed by atoms with E-state index < -0.39 is 6.10 Å². The molecule has 1 N–H and O–H groups in total. The zero-order chi connectivity index (χ0) is 21.7. The molecule has 0 amide bonds. The first-order valence-electron chi connectivity index (χ1n) is 11.6. The normalized spacial score (nSPS) is 11.7. The first-order valence-corrected chi connectivity index (χ1v) is 11.6. The summed E-state index contributed by atoms with van der Waals surface area (Å²) in [5, 5.41) is 9.85. The van der Waals surface area contributed by atoms with Crippen LogP contribution in [0.5, 0.6) is 0 Å². The lowest BCUT2D eigenvalue weighted by Crippen LogP contribution is -2.23. The van der Waals surface area contributed by atoms with Crippen molar-refractivity contribution in [1.82, 2.24) is 0 Å². The molecule has 0 heterocycles. The summed E-state index contributed by atoms with van der Waals surface area (Å²) < 4.78 is 10.6. The summed E-state index contributed by atoms with van der Waals surface area (Å²) in [5.41, 5.74) is 1.05. The van der Waals surface area contributed by atoms with Gasteiger partial charge in [0.05, 0.1) is 13.2 Å². The van der Waals surface area contributed by atoms with Crippen molar-refractivity contribution in [1.29, 1.82) is 0 Å². The highest BCUT2D eigenvalue weighted by Crippen LogP contribution is 2.12. The van der Waals surface area contributed by atoms with Crippen LogP contribution in [0, 0.1) is 12.3 Å². The number of terminal acetylenes is 1. The number of benzene rings is 1. The van der Waals surface area contributed by atoms with E-state index in [1.54, 1.807) is 0 Å². The van der Waals surface area contributed by atoms with Gasteiger partial charge in [0.1, 0.15) is 12.7 Å². The number of unbranched alkanes of at least 4 members (excludes halogenated alkanes) is 11. The van der Waals surface area contributed by atoms with Crippen LogP contribution in [0.3, 0.4) is 0 Å². The Bertz CT molecular complexity index is 564. The second-order valence-electron chi connectivity index (χ2n) is 7.93. The molecule has 30 heavy (non-hydrogen) atoms. The number of esters is 1. The lowest BCUT2D eigenvalue weighted by atomic mass is 10.0. The lowest BCUT2D eigenvalue weighted by Gasteiger charge is -2.12. The average molecular weight is 417 g/mol. The third-order valence-electron chi connectivity index (χ3n) is 5.06. The van der Waals surface area contributed by atoms with Gasteiger partial charge in [0.15, 0.2) is 0 Å². The van der Waals surface area contributed by atoms with E-state index in [2.05, 4.69) is 5.92 Å². The number of rotatable bonds is 19. The van der Waals surface area contributed by atoms with Crippen LogP contribution in [0.2, 0.25) is 0 Å². The SMILES string of the molecule is C#CCCCCCCCCCCCCCC(=O)OC[C@@H](O)COCc1ccccc1. The van der Waals surface area contributed by atoms with Gasteiger partial charge in [0.25, 0.3) is 0 Å². The number of hydrogen-bond acceptors (Lipinski definition) is 4. The molecule has 0 aliphatic rings. The van der Waals surface area contributed by atoms with Crippen LogP contribution >= 0.6 is 0 Å². The molecule has 0 fully saturated rings. The molecule has 0 spiro atoms. The van der Waals surface area contributed by atoms with Crippen molar-refractivity contribution in [3.05, 3.63) is 35.9 Å². The maximum Gasteiger partial charge on any atom is 0.305 e. The second-order valence-corrected chi connectivity index (χ2v) is 7.93. The van der Waals surface area contributed by atoms with Gasteiger partial charge in [-0.2, -0.15) is 0 Å².